The van der Waals surface area contributed by atoms with Gasteiger partial charge in [0.1, 0.15) is 24.3 Å². The van der Waals surface area contributed by atoms with Crippen LogP contribution >= 0.6 is 11.6 Å². The number of benzene rings is 1. The van der Waals surface area contributed by atoms with E-state index in [9.17, 15) is 5.11 Å². The summed E-state index contributed by atoms with van der Waals surface area (Å²) >= 11 is 6.37. The number of aryl methyl sites for hydroxylation is 2. The minimum atomic E-state index is -0.972. The number of halogens is 1. The predicted molar refractivity (Wildman–Crippen MR) is 120 cm³/mol. The highest BCUT2D eigenvalue weighted by Gasteiger charge is 2.17. The first-order valence-corrected chi connectivity index (χ1v) is 10.5. The van der Waals surface area contributed by atoms with Gasteiger partial charge in [-0.3, -0.25) is 0 Å². The lowest BCUT2D eigenvalue weighted by Crippen LogP contribution is -2.23. The Morgan fingerprint density at radius 3 is 2.48 bits per heavy atom. The number of aromatic nitrogens is 3. The van der Waals surface area contributed by atoms with E-state index in [0.717, 1.165) is 35.7 Å². The summed E-state index contributed by atoms with van der Waals surface area (Å²) in [5.41, 5.74) is 3.10. The number of aliphatic hydroxyl groups excluding tert-OH is 2. The molecule has 2 aromatic heterocycles. The fourth-order valence-corrected chi connectivity index (χ4v) is 3.54. The van der Waals surface area contributed by atoms with E-state index in [4.69, 9.17) is 26.0 Å². The van der Waals surface area contributed by atoms with Crippen LogP contribution in [-0.2, 0) is 0 Å². The van der Waals surface area contributed by atoms with Crippen LogP contribution < -0.4 is 9.64 Å². The first-order valence-electron chi connectivity index (χ1n) is 10.2. The predicted octanol–water partition coefficient (Wildman–Crippen LogP) is 3.65. The van der Waals surface area contributed by atoms with Crippen LogP contribution in [0.1, 0.15) is 25.1 Å². The van der Waals surface area contributed by atoms with E-state index in [1.165, 1.54) is 0 Å². The highest BCUT2D eigenvalue weighted by molar-refractivity contribution is 6.32. The summed E-state index contributed by atoms with van der Waals surface area (Å²) in [6, 6.07) is 7.37. The molecule has 9 heteroatoms. The van der Waals surface area contributed by atoms with Crippen molar-refractivity contribution in [2.24, 2.45) is 0 Å². The number of aliphatic hydroxyl groups is 2. The van der Waals surface area contributed by atoms with Gasteiger partial charge in [0.15, 0.2) is 0 Å². The average molecular weight is 447 g/mol. The lowest BCUT2D eigenvalue weighted by Gasteiger charge is -2.20. The van der Waals surface area contributed by atoms with E-state index in [2.05, 4.69) is 33.9 Å². The summed E-state index contributed by atoms with van der Waals surface area (Å²) < 4.78 is 11.1. The van der Waals surface area contributed by atoms with E-state index in [1.54, 1.807) is 6.07 Å². The Hall–Kier alpha value is -2.68. The molecule has 31 heavy (non-hydrogen) atoms. The summed E-state index contributed by atoms with van der Waals surface area (Å²) in [6.07, 6.45) is -0.972. The van der Waals surface area contributed by atoms with Crippen molar-refractivity contribution in [3.63, 3.8) is 0 Å². The quantitative estimate of drug-likeness (QED) is 0.513. The number of rotatable bonds is 9. The molecule has 0 saturated heterocycles. The van der Waals surface area contributed by atoms with Crippen molar-refractivity contribution in [1.29, 1.82) is 0 Å². The van der Waals surface area contributed by atoms with Crippen molar-refractivity contribution in [3.05, 3.63) is 40.5 Å². The molecule has 3 rings (SSSR count). The highest BCUT2D eigenvalue weighted by Crippen LogP contribution is 2.34. The average Bonchev–Trinajstić information content (AvgIpc) is 3.24. The molecule has 0 saturated carbocycles. The maximum Gasteiger partial charge on any atom is 0.258 e. The zero-order chi connectivity index (χ0) is 22.5. The van der Waals surface area contributed by atoms with Crippen molar-refractivity contribution in [1.82, 2.24) is 15.1 Å². The molecule has 0 spiro atoms. The molecule has 0 aliphatic carbocycles. The fourth-order valence-electron chi connectivity index (χ4n) is 3.22. The van der Waals surface area contributed by atoms with Gasteiger partial charge >= 0.3 is 0 Å². The van der Waals surface area contributed by atoms with Crippen molar-refractivity contribution >= 4 is 17.4 Å². The summed E-state index contributed by atoms with van der Waals surface area (Å²) in [7, 11) is 0. The topological polar surface area (TPSA) is 105 Å². The number of ether oxygens (including phenoxy) is 1. The summed E-state index contributed by atoms with van der Waals surface area (Å²) in [4.78, 5) is 11.3. The summed E-state index contributed by atoms with van der Waals surface area (Å²) in [6.45, 7) is 9.20. The van der Waals surface area contributed by atoms with Crippen LogP contribution in [0.2, 0.25) is 5.02 Å². The van der Waals surface area contributed by atoms with Gasteiger partial charge in [0, 0.05) is 29.9 Å². The molecule has 0 amide bonds. The molecule has 2 heterocycles. The lowest BCUT2D eigenvalue weighted by molar-refractivity contribution is 0.0534. The van der Waals surface area contributed by atoms with Crippen LogP contribution in [0.25, 0.3) is 22.8 Å². The number of anilines is 1. The maximum absolute atomic E-state index is 9.49. The normalized spacial score (nSPS) is 12.1. The molecular formula is C22H27ClN4O4. The lowest BCUT2D eigenvalue weighted by atomic mass is 10.1. The SMILES string of the molecule is CCN(CC)c1cc(-c2nc(-c3cc(C)c(OC[C@H](O)CO)c(Cl)c3)no2)cc(C)n1. The number of hydrogen-bond donors (Lipinski definition) is 2. The molecule has 0 aliphatic rings. The highest BCUT2D eigenvalue weighted by atomic mass is 35.5. The van der Waals surface area contributed by atoms with Crippen molar-refractivity contribution < 1.29 is 19.5 Å². The summed E-state index contributed by atoms with van der Waals surface area (Å²) in [5.74, 6) is 2.11. The molecule has 0 fully saturated rings. The molecule has 0 aliphatic heterocycles. The Morgan fingerprint density at radius 1 is 1.10 bits per heavy atom. The molecular weight excluding hydrogens is 420 g/mol. The first-order chi connectivity index (χ1) is 14.9. The Balaban J connectivity index is 1.89. The third-order valence-corrected chi connectivity index (χ3v) is 5.10. The van der Waals surface area contributed by atoms with Gasteiger partial charge in [-0.15, -0.1) is 0 Å². The summed E-state index contributed by atoms with van der Waals surface area (Å²) in [5, 5.41) is 22.9. The van der Waals surface area contributed by atoms with E-state index in [-0.39, 0.29) is 13.2 Å². The van der Waals surface area contributed by atoms with Crippen LogP contribution in [0.3, 0.4) is 0 Å². The van der Waals surface area contributed by atoms with Gasteiger partial charge in [0.25, 0.3) is 5.89 Å². The van der Waals surface area contributed by atoms with Gasteiger partial charge in [-0.05, 0) is 57.5 Å². The van der Waals surface area contributed by atoms with Crippen molar-refractivity contribution in [3.8, 4) is 28.6 Å². The number of nitrogens with zero attached hydrogens (tertiary/aromatic N) is 4. The van der Waals surface area contributed by atoms with Crippen molar-refractivity contribution in [2.45, 2.75) is 33.8 Å². The first kappa shape index (κ1) is 23.0. The van der Waals surface area contributed by atoms with E-state index in [0.29, 0.717) is 28.1 Å². The smallest absolute Gasteiger partial charge is 0.258 e. The van der Waals surface area contributed by atoms with E-state index < -0.39 is 6.10 Å². The van der Waals surface area contributed by atoms with Gasteiger partial charge in [-0.25, -0.2) is 4.98 Å². The van der Waals surface area contributed by atoms with Crippen LogP contribution in [0.4, 0.5) is 5.82 Å². The molecule has 0 unspecified atom stereocenters. The third-order valence-electron chi connectivity index (χ3n) is 4.82. The minimum absolute atomic E-state index is 0.0565. The largest absolute Gasteiger partial charge is 0.489 e. The minimum Gasteiger partial charge on any atom is -0.489 e. The van der Waals surface area contributed by atoms with Gasteiger partial charge in [-0.2, -0.15) is 4.98 Å². The molecule has 3 aromatic rings. The Morgan fingerprint density at radius 2 is 1.84 bits per heavy atom. The zero-order valence-corrected chi connectivity index (χ0v) is 18.8. The van der Waals surface area contributed by atoms with Crippen LogP contribution in [-0.4, -0.2) is 57.7 Å². The molecule has 1 aromatic carbocycles. The third kappa shape index (κ3) is 5.33. The Kier molecular flexibility index (Phi) is 7.48. The second kappa shape index (κ2) is 10.1. The van der Waals surface area contributed by atoms with Crippen LogP contribution in [0.5, 0.6) is 5.75 Å². The molecule has 0 radical (unpaired) electrons. The van der Waals surface area contributed by atoms with Gasteiger partial charge in [-0.1, -0.05) is 16.8 Å². The van der Waals surface area contributed by atoms with Gasteiger partial charge in [0.05, 0.1) is 11.6 Å². The van der Waals surface area contributed by atoms with E-state index >= 15 is 0 Å². The number of pyridine rings is 1. The van der Waals surface area contributed by atoms with E-state index in [1.807, 2.05) is 32.0 Å². The molecule has 0 bridgehead atoms. The second-order valence-corrected chi connectivity index (χ2v) is 7.61. The standard InChI is InChI=1S/C22H27ClN4O4/c1-5-27(6-2)19-10-16(8-14(4)24-19)22-25-21(26-31-22)15-7-13(3)20(18(23)9-15)30-12-17(29)11-28/h7-10,17,28-29H,5-6,11-12H2,1-4H3/t17-/m1/s1. The molecule has 1 atom stereocenters. The van der Waals surface area contributed by atoms with Crippen LogP contribution in [0.15, 0.2) is 28.8 Å². The number of hydrogen-bond acceptors (Lipinski definition) is 8. The maximum atomic E-state index is 9.49. The van der Waals surface area contributed by atoms with Gasteiger partial charge < -0.3 is 24.4 Å². The van der Waals surface area contributed by atoms with Gasteiger partial charge in [0.2, 0.25) is 5.82 Å². The Labute approximate surface area is 186 Å². The Bertz CT molecular complexity index is 1010. The molecule has 2 N–H and O–H groups in total. The molecule has 166 valence electrons. The second-order valence-electron chi connectivity index (χ2n) is 7.20. The van der Waals surface area contributed by atoms with Crippen molar-refractivity contribution in [2.75, 3.05) is 31.2 Å². The van der Waals surface area contributed by atoms with Crippen LogP contribution in [0, 0.1) is 13.8 Å². The zero-order valence-electron chi connectivity index (χ0n) is 18.1. The molecule has 8 nitrogen and oxygen atoms in total. The monoisotopic (exact) mass is 446 g/mol. The fraction of sp³-hybridized carbons (Fsp3) is 0.409.